The van der Waals surface area contributed by atoms with Crippen LogP contribution in [-0.2, 0) is 10.3 Å². The van der Waals surface area contributed by atoms with Gasteiger partial charge in [-0.2, -0.15) is 8.42 Å². The van der Waals surface area contributed by atoms with Crippen LogP contribution in [0.5, 0.6) is 0 Å². The van der Waals surface area contributed by atoms with Crippen molar-refractivity contribution in [2.45, 2.75) is 0 Å². The Kier molecular flexibility index (Phi) is 3.18. The first-order valence-electron chi connectivity index (χ1n) is 3.50. The van der Waals surface area contributed by atoms with E-state index in [4.69, 9.17) is 17.4 Å². The Morgan fingerprint density at radius 3 is 2.50 bits per heavy atom. The van der Waals surface area contributed by atoms with Crippen molar-refractivity contribution >= 4 is 21.4 Å². The fourth-order valence-corrected chi connectivity index (χ4v) is 0.803. The van der Waals surface area contributed by atoms with Crippen LogP contribution in [0.3, 0.4) is 0 Å². The van der Waals surface area contributed by atoms with Gasteiger partial charge in [0.05, 0.1) is 0 Å². The van der Waals surface area contributed by atoms with E-state index in [0.29, 0.717) is 0 Å². The summed E-state index contributed by atoms with van der Waals surface area (Å²) in [5, 5.41) is 3.88. The molecule has 14 heavy (non-hydrogen) atoms. The van der Waals surface area contributed by atoms with E-state index in [2.05, 4.69) is 10.1 Å². The number of fused-ring (bicyclic) bond motifs is 1. The highest BCUT2D eigenvalue weighted by Gasteiger charge is 1.91. The van der Waals surface area contributed by atoms with Gasteiger partial charge < -0.3 is 4.42 Å². The lowest BCUT2D eigenvalue weighted by molar-refractivity contribution is 0.485. The zero-order chi connectivity index (χ0) is 10.6. The van der Waals surface area contributed by atoms with Crippen molar-refractivity contribution in [1.29, 1.82) is 0 Å². The first kappa shape index (κ1) is 10.6. The van der Waals surface area contributed by atoms with Gasteiger partial charge in [0.1, 0.15) is 5.52 Å². The molecular weight excluding hydrogens is 208 g/mol. The van der Waals surface area contributed by atoms with Crippen molar-refractivity contribution < 1.29 is 17.4 Å². The number of rotatable bonds is 0. The van der Waals surface area contributed by atoms with Gasteiger partial charge in [-0.25, -0.2) is 10.1 Å². The van der Waals surface area contributed by atoms with E-state index in [1.54, 1.807) is 0 Å². The maximum absolute atomic E-state index is 8.97. The molecule has 1 aromatic carbocycles. The molecular formula is C7H8N2O4S. The number of nitrogens with zero attached hydrogens (tertiary/aromatic N) is 1. The van der Waals surface area contributed by atoms with Crippen molar-refractivity contribution in [3.05, 3.63) is 30.7 Å². The quantitative estimate of drug-likeness (QED) is 0.626. The molecule has 0 saturated heterocycles. The molecule has 0 fully saturated rings. The molecule has 0 aliphatic carbocycles. The summed E-state index contributed by atoms with van der Waals surface area (Å²) >= 11 is 0. The normalized spacial score (nSPS) is 10.7. The Morgan fingerprint density at radius 2 is 1.93 bits per heavy atom. The van der Waals surface area contributed by atoms with Crippen molar-refractivity contribution in [1.82, 2.24) is 4.98 Å². The summed E-state index contributed by atoms with van der Waals surface area (Å²) in [5.74, 6) is 0. The van der Waals surface area contributed by atoms with Crippen molar-refractivity contribution in [3.63, 3.8) is 0 Å². The molecule has 7 heteroatoms. The predicted octanol–water partition coefficient (Wildman–Crippen LogP) is 0.576. The molecule has 0 spiro atoms. The van der Waals surface area contributed by atoms with Crippen LogP contribution < -0.4 is 5.14 Å². The van der Waals surface area contributed by atoms with E-state index in [0.717, 1.165) is 11.1 Å². The van der Waals surface area contributed by atoms with E-state index < -0.39 is 10.3 Å². The second kappa shape index (κ2) is 4.18. The Labute approximate surface area is 80.2 Å². The van der Waals surface area contributed by atoms with Gasteiger partial charge >= 0.3 is 10.3 Å². The Balaban J connectivity index is 0.000000171. The van der Waals surface area contributed by atoms with Crippen molar-refractivity contribution in [3.8, 4) is 0 Å². The van der Waals surface area contributed by atoms with Crippen molar-refractivity contribution in [2.75, 3.05) is 0 Å². The van der Waals surface area contributed by atoms with Crippen LogP contribution in [0.25, 0.3) is 11.1 Å². The zero-order valence-corrected chi connectivity index (χ0v) is 7.81. The largest absolute Gasteiger partial charge is 0.443 e. The van der Waals surface area contributed by atoms with Crippen LogP contribution in [0.1, 0.15) is 0 Å². The molecule has 1 aromatic heterocycles. The summed E-state index contributed by atoms with van der Waals surface area (Å²) in [6.07, 6.45) is 1.45. The third-order valence-corrected chi connectivity index (χ3v) is 1.24. The molecule has 1 heterocycles. The van der Waals surface area contributed by atoms with E-state index in [-0.39, 0.29) is 0 Å². The highest BCUT2D eigenvalue weighted by atomic mass is 32.2. The van der Waals surface area contributed by atoms with Gasteiger partial charge in [-0.3, -0.25) is 4.55 Å². The summed E-state index contributed by atoms with van der Waals surface area (Å²) < 4.78 is 30.2. The molecule has 0 unspecified atom stereocenters. The third-order valence-electron chi connectivity index (χ3n) is 1.24. The molecule has 6 nitrogen and oxygen atoms in total. The third kappa shape index (κ3) is 3.99. The predicted molar refractivity (Wildman–Crippen MR) is 49.7 cm³/mol. The van der Waals surface area contributed by atoms with Gasteiger partial charge in [-0.15, -0.1) is 0 Å². The molecule has 0 amide bonds. The summed E-state index contributed by atoms with van der Waals surface area (Å²) in [5.41, 5.74) is 1.76. The summed E-state index contributed by atoms with van der Waals surface area (Å²) in [6.45, 7) is 0. The monoisotopic (exact) mass is 216 g/mol. The first-order valence-corrected chi connectivity index (χ1v) is 5.00. The van der Waals surface area contributed by atoms with Gasteiger partial charge in [0.2, 0.25) is 0 Å². The molecule has 0 atom stereocenters. The minimum absolute atomic E-state index is 0.845. The van der Waals surface area contributed by atoms with E-state index >= 15 is 0 Å². The van der Waals surface area contributed by atoms with Crippen LogP contribution in [0.4, 0.5) is 0 Å². The molecule has 2 rings (SSSR count). The average molecular weight is 216 g/mol. The standard InChI is InChI=1S/C7H5NO.H3NO3S/c1-2-4-7-6(3-1)8-5-9-7;1-5(2,3)4/h1-5H;(H3,1,2,3,4). The summed E-state index contributed by atoms with van der Waals surface area (Å²) in [4.78, 5) is 3.95. The fourth-order valence-electron chi connectivity index (χ4n) is 0.803. The second-order valence-corrected chi connectivity index (χ2v) is 3.37. The molecule has 0 aliphatic rings. The smallest absolute Gasteiger partial charge is 0.330 e. The number of hydrogen-bond acceptors (Lipinski definition) is 4. The first-order chi connectivity index (χ1) is 6.47. The molecule has 0 aliphatic heterocycles. The Morgan fingerprint density at radius 1 is 1.36 bits per heavy atom. The number of hydrogen-bond donors (Lipinski definition) is 2. The van der Waals surface area contributed by atoms with Crippen LogP contribution in [0.15, 0.2) is 35.1 Å². The molecule has 3 N–H and O–H groups in total. The minimum Gasteiger partial charge on any atom is -0.443 e. The Hall–Kier alpha value is -1.44. The van der Waals surface area contributed by atoms with Crippen molar-refractivity contribution in [2.24, 2.45) is 5.14 Å². The number of oxazole rings is 1. The van der Waals surface area contributed by atoms with E-state index in [9.17, 15) is 0 Å². The van der Waals surface area contributed by atoms with Crippen LogP contribution in [0.2, 0.25) is 0 Å². The zero-order valence-electron chi connectivity index (χ0n) is 6.99. The Bertz CT molecular complexity index is 467. The van der Waals surface area contributed by atoms with Gasteiger partial charge in [-0.1, -0.05) is 12.1 Å². The summed E-state index contributed by atoms with van der Waals surface area (Å²) in [7, 11) is -4.17. The van der Waals surface area contributed by atoms with Crippen LogP contribution in [0, 0.1) is 0 Å². The molecule has 0 bridgehead atoms. The van der Waals surface area contributed by atoms with Gasteiger partial charge in [0, 0.05) is 0 Å². The van der Waals surface area contributed by atoms with Crippen LogP contribution in [-0.4, -0.2) is 18.0 Å². The molecule has 0 radical (unpaired) electrons. The summed E-state index contributed by atoms with van der Waals surface area (Å²) in [6, 6.07) is 7.67. The minimum atomic E-state index is -4.17. The number of aromatic nitrogens is 1. The van der Waals surface area contributed by atoms with E-state index in [1.807, 2.05) is 24.3 Å². The molecule has 2 aromatic rings. The maximum atomic E-state index is 8.97. The second-order valence-electron chi connectivity index (χ2n) is 2.34. The average Bonchev–Trinajstić information content (AvgIpc) is 2.47. The number of benzene rings is 1. The van der Waals surface area contributed by atoms with E-state index in [1.165, 1.54) is 6.39 Å². The van der Waals surface area contributed by atoms with Gasteiger partial charge in [-0.05, 0) is 12.1 Å². The SMILES string of the molecule is NS(=O)(=O)O.c1ccc2ocnc2c1. The molecule has 76 valence electrons. The lowest BCUT2D eigenvalue weighted by Gasteiger charge is -1.79. The van der Waals surface area contributed by atoms with Gasteiger partial charge in [0.25, 0.3) is 0 Å². The molecule has 0 saturated carbocycles. The topological polar surface area (TPSA) is 106 Å². The van der Waals surface area contributed by atoms with Gasteiger partial charge in [0.15, 0.2) is 12.0 Å². The number of para-hydroxylation sites is 2. The lowest BCUT2D eigenvalue weighted by atomic mass is 10.3. The maximum Gasteiger partial charge on any atom is 0.330 e. The fraction of sp³-hybridized carbons (Fsp3) is 0. The number of nitrogens with two attached hydrogens (primary N) is 1. The highest BCUT2D eigenvalue weighted by Crippen LogP contribution is 2.09. The lowest BCUT2D eigenvalue weighted by Crippen LogP contribution is -2.08. The van der Waals surface area contributed by atoms with Crippen LogP contribution >= 0.6 is 0 Å². The highest BCUT2D eigenvalue weighted by molar-refractivity contribution is 7.83.